The molecule has 104 valence electrons. The number of benzene rings is 1. The molecule has 2 rings (SSSR count). The van der Waals surface area contributed by atoms with E-state index >= 15 is 0 Å². The van der Waals surface area contributed by atoms with Gasteiger partial charge in [0.1, 0.15) is 5.82 Å². The van der Waals surface area contributed by atoms with Gasteiger partial charge < -0.3 is 9.80 Å². The lowest BCUT2D eigenvalue weighted by Crippen LogP contribution is -2.38. The molecule has 0 aliphatic carbocycles. The van der Waals surface area contributed by atoms with Crippen LogP contribution in [0.5, 0.6) is 0 Å². The van der Waals surface area contributed by atoms with Crippen molar-refractivity contribution >= 4 is 11.5 Å². The number of hydrogen-bond acceptors (Lipinski definition) is 3. The van der Waals surface area contributed by atoms with Gasteiger partial charge in [-0.3, -0.25) is 4.79 Å². The zero-order valence-electron chi connectivity index (χ0n) is 11.8. The van der Waals surface area contributed by atoms with Crippen LogP contribution in [-0.2, 0) is 0 Å². The molecular formula is C15H21FN2O. The monoisotopic (exact) mass is 264 g/mol. The van der Waals surface area contributed by atoms with Crippen LogP contribution in [0.15, 0.2) is 18.2 Å². The maximum Gasteiger partial charge on any atom is 0.164 e. The number of carbonyl (C=O) groups is 1. The summed E-state index contributed by atoms with van der Waals surface area (Å²) in [6.45, 7) is 3.25. The van der Waals surface area contributed by atoms with Crippen molar-refractivity contribution in [3.05, 3.63) is 29.6 Å². The smallest absolute Gasteiger partial charge is 0.164 e. The Hall–Kier alpha value is -1.42. The third-order valence-electron chi connectivity index (χ3n) is 3.61. The third kappa shape index (κ3) is 2.95. The van der Waals surface area contributed by atoms with Crippen molar-refractivity contribution < 1.29 is 9.18 Å². The molecule has 19 heavy (non-hydrogen) atoms. The molecule has 0 aromatic heterocycles. The first kappa shape index (κ1) is 14.0. The highest BCUT2D eigenvalue weighted by molar-refractivity contribution is 6.00. The van der Waals surface area contributed by atoms with E-state index in [1.807, 2.05) is 20.2 Å². The number of Topliss-reactive ketones (excluding diaryl/α,β-unsaturated/α-hetero) is 1. The highest BCUT2D eigenvalue weighted by Crippen LogP contribution is 2.30. The SMILES string of the molecule is CC(=O)c1c(F)cccc1N1CCCC1CN(C)C. The number of halogens is 1. The molecule has 1 aromatic rings. The normalized spacial score (nSPS) is 19.2. The number of ketones is 1. The van der Waals surface area contributed by atoms with Crippen LogP contribution in [0.4, 0.5) is 10.1 Å². The second-order valence-corrected chi connectivity index (χ2v) is 5.44. The van der Waals surface area contributed by atoms with Gasteiger partial charge in [0.25, 0.3) is 0 Å². The molecule has 0 bridgehead atoms. The molecule has 1 heterocycles. The van der Waals surface area contributed by atoms with Gasteiger partial charge in [0.05, 0.1) is 11.3 Å². The van der Waals surface area contributed by atoms with E-state index in [1.54, 1.807) is 6.07 Å². The summed E-state index contributed by atoms with van der Waals surface area (Å²) in [5.74, 6) is -0.621. The quantitative estimate of drug-likeness (QED) is 0.781. The molecule has 4 heteroatoms. The summed E-state index contributed by atoms with van der Waals surface area (Å²) in [4.78, 5) is 16.0. The number of anilines is 1. The van der Waals surface area contributed by atoms with Gasteiger partial charge in [-0.1, -0.05) is 6.07 Å². The van der Waals surface area contributed by atoms with Gasteiger partial charge in [-0.15, -0.1) is 0 Å². The minimum atomic E-state index is -0.416. The fourth-order valence-electron chi connectivity index (χ4n) is 2.86. The van der Waals surface area contributed by atoms with Gasteiger partial charge in [-0.25, -0.2) is 4.39 Å². The Morgan fingerprint density at radius 2 is 2.21 bits per heavy atom. The fourth-order valence-corrected chi connectivity index (χ4v) is 2.86. The Kier molecular flexibility index (Phi) is 4.20. The summed E-state index contributed by atoms with van der Waals surface area (Å²) in [5, 5.41) is 0. The number of carbonyl (C=O) groups excluding carboxylic acids is 1. The standard InChI is InChI=1S/C15H21FN2O/c1-11(19)15-13(16)7-4-8-14(15)18-9-5-6-12(18)10-17(2)3/h4,7-8,12H,5-6,9-10H2,1-3H3. The molecule has 0 N–H and O–H groups in total. The van der Waals surface area contributed by atoms with Crippen LogP contribution in [0, 0.1) is 5.82 Å². The molecule has 1 aromatic carbocycles. The van der Waals surface area contributed by atoms with Crippen molar-refractivity contribution in [3.8, 4) is 0 Å². The summed E-state index contributed by atoms with van der Waals surface area (Å²) >= 11 is 0. The Morgan fingerprint density at radius 1 is 1.47 bits per heavy atom. The zero-order valence-corrected chi connectivity index (χ0v) is 11.8. The maximum atomic E-state index is 13.9. The van der Waals surface area contributed by atoms with Crippen LogP contribution >= 0.6 is 0 Å². The van der Waals surface area contributed by atoms with Crippen molar-refractivity contribution in [1.82, 2.24) is 4.90 Å². The lowest BCUT2D eigenvalue weighted by Gasteiger charge is -2.30. The molecule has 0 radical (unpaired) electrons. The van der Waals surface area contributed by atoms with Crippen LogP contribution in [0.3, 0.4) is 0 Å². The van der Waals surface area contributed by atoms with Gasteiger partial charge >= 0.3 is 0 Å². The summed E-state index contributed by atoms with van der Waals surface area (Å²) < 4.78 is 13.9. The molecule has 0 spiro atoms. The van der Waals surface area contributed by atoms with Gasteiger partial charge in [0.2, 0.25) is 0 Å². The highest BCUT2D eigenvalue weighted by atomic mass is 19.1. The summed E-state index contributed by atoms with van der Waals surface area (Å²) in [6.07, 6.45) is 2.18. The summed E-state index contributed by atoms with van der Waals surface area (Å²) in [6, 6.07) is 5.25. The van der Waals surface area contributed by atoms with Crippen molar-refractivity contribution in [2.24, 2.45) is 0 Å². The molecule has 3 nitrogen and oxygen atoms in total. The number of rotatable bonds is 4. The lowest BCUT2D eigenvalue weighted by atomic mass is 10.1. The lowest BCUT2D eigenvalue weighted by molar-refractivity contribution is 0.101. The van der Waals surface area contributed by atoms with Crippen LogP contribution in [0.2, 0.25) is 0 Å². The van der Waals surface area contributed by atoms with Crippen LogP contribution in [-0.4, -0.2) is 43.9 Å². The van der Waals surface area contributed by atoms with E-state index in [0.717, 1.165) is 31.6 Å². The topological polar surface area (TPSA) is 23.6 Å². The largest absolute Gasteiger partial charge is 0.367 e. The van der Waals surface area contributed by atoms with Gasteiger partial charge in [-0.05, 0) is 46.0 Å². The average molecular weight is 264 g/mol. The number of hydrogen-bond donors (Lipinski definition) is 0. The molecule has 0 amide bonds. The van der Waals surface area contributed by atoms with E-state index < -0.39 is 5.82 Å². The summed E-state index contributed by atoms with van der Waals surface area (Å²) in [7, 11) is 4.07. The first-order valence-electron chi connectivity index (χ1n) is 6.71. The van der Waals surface area contributed by atoms with Crippen molar-refractivity contribution in [2.45, 2.75) is 25.8 Å². The van der Waals surface area contributed by atoms with E-state index in [1.165, 1.54) is 13.0 Å². The van der Waals surface area contributed by atoms with Crippen molar-refractivity contribution in [2.75, 3.05) is 32.1 Å². The molecule has 1 aliphatic rings. The van der Waals surface area contributed by atoms with E-state index in [4.69, 9.17) is 0 Å². The van der Waals surface area contributed by atoms with E-state index in [2.05, 4.69) is 9.80 Å². The Labute approximate surface area is 114 Å². The predicted octanol–water partition coefficient (Wildman–Crippen LogP) is 2.56. The van der Waals surface area contributed by atoms with Crippen LogP contribution in [0.25, 0.3) is 0 Å². The van der Waals surface area contributed by atoms with Gasteiger partial charge in [-0.2, -0.15) is 0 Å². The van der Waals surface area contributed by atoms with Crippen LogP contribution in [0.1, 0.15) is 30.1 Å². The Morgan fingerprint density at radius 3 is 2.84 bits per heavy atom. The minimum absolute atomic E-state index is 0.205. The fraction of sp³-hybridized carbons (Fsp3) is 0.533. The first-order valence-corrected chi connectivity index (χ1v) is 6.71. The minimum Gasteiger partial charge on any atom is -0.367 e. The van der Waals surface area contributed by atoms with Crippen molar-refractivity contribution in [3.63, 3.8) is 0 Å². The second kappa shape index (κ2) is 5.70. The van der Waals surface area contributed by atoms with Gasteiger partial charge in [0, 0.05) is 19.1 Å². The van der Waals surface area contributed by atoms with E-state index in [9.17, 15) is 9.18 Å². The second-order valence-electron chi connectivity index (χ2n) is 5.44. The predicted molar refractivity (Wildman–Crippen MR) is 75.3 cm³/mol. The van der Waals surface area contributed by atoms with Crippen molar-refractivity contribution in [1.29, 1.82) is 0 Å². The third-order valence-corrected chi connectivity index (χ3v) is 3.61. The summed E-state index contributed by atoms with van der Waals surface area (Å²) in [5.41, 5.74) is 0.977. The molecule has 1 unspecified atom stereocenters. The number of likely N-dealkylation sites (N-methyl/N-ethyl adjacent to an activating group) is 1. The first-order chi connectivity index (χ1) is 9.00. The van der Waals surface area contributed by atoms with E-state index in [-0.39, 0.29) is 11.3 Å². The highest BCUT2D eigenvalue weighted by Gasteiger charge is 2.28. The molecular weight excluding hydrogens is 243 g/mol. The van der Waals surface area contributed by atoms with E-state index in [0.29, 0.717) is 6.04 Å². The van der Waals surface area contributed by atoms with Gasteiger partial charge in [0.15, 0.2) is 5.78 Å². The average Bonchev–Trinajstić information content (AvgIpc) is 2.75. The molecule has 1 saturated heterocycles. The zero-order chi connectivity index (χ0) is 14.0. The Balaban J connectivity index is 2.35. The molecule has 1 fully saturated rings. The van der Waals surface area contributed by atoms with Crippen LogP contribution < -0.4 is 4.90 Å². The maximum absolute atomic E-state index is 13.9. The molecule has 1 aliphatic heterocycles. The number of nitrogens with zero attached hydrogens (tertiary/aromatic N) is 2. The Bertz CT molecular complexity index is 473. The molecule has 1 atom stereocenters. The molecule has 0 saturated carbocycles.